The van der Waals surface area contributed by atoms with E-state index in [4.69, 9.17) is 4.74 Å². The van der Waals surface area contributed by atoms with Crippen molar-refractivity contribution in [3.63, 3.8) is 0 Å². The Kier molecular flexibility index (Phi) is 6.67. The van der Waals surface area contributed by atoms with Crippen molar-refractivity contribution in [2.24, 2.45) is 0 Å². The number of nitrogens with zero attached hydrogens (tertiary/aromatic N) is 1. The van der Waals surface area contributed by atoms with Crippen LogP contribution in [0.1, 0.15) is 29.5 Å². The summed E-state index contributed by atoms with van der Waals surface area (Å²) in [6, 6.07) is 20.1. The number of anilines is 1. The van der Waals surface area contributed by atoms with Gasteiger partial charge < -0.3 is 9.84 Å². The molecule has 0 bridgehead atoms. The molecule has 7 heteroatoms. The summed E-state index contributed by atoms with van der Waals surface area (Å²) in [4.78, 5) is 2.57. The fraction of sp³-hybridized carbons (Fsp3) is 0.280. The third-order valence-electron chi connectivity index (χ3n) is 5.63. The molecule has 0 atom stereocenters. The number of sulfonamides is 1. The first-order chi connectivity index (χ1) is 15.4. The Morgan fingerprint density at radius 3 is 2.56 bits per heavy atom. The van der Waals surface area contributed by atoms with Crippen LogP contribution in [0.2, 0.25) is 0 Å². The summed E-state index contributed by atoms with van der Waals surface area (Å²) in [7, 11) is -2.12. The molecule has 0 spiro atoms. The maximum absolute atomic E-state index is 12.8. The van der Waals surface area contributed by atoms with Crippen LogP contribution in [0.4, 0.5) is 5.69 Å². The van der Waals surface area contributed by atoms with Crippen molar-refractivity contribution in [1.82, 2.24) is 4.90 Å². The molecule has 1 aliphatic heterocycles. The van der Waals surface area contributed by atoms with E-state index in [1.165, 1.54) is 37.1 Å². The second kappa shape index (κ2) is 9.63. The van der Waals surface area contributed by atoms with Crippen LogP contribution in [0.15, 0.2) is 65.6 Å². The Hall–Kier alpha value is -3.03. The number of hydrogen-bond acceptors (Lipinski definition) is 5. The molecule has 0 unspecified atom stereocenters. The lowest BCUT2D eigenvalue weighted by Crippen LogP contribution is -2.18. The molecular weight excluding hydrogens is 424 g/mol. The van der Waals surface area contributed by atoms with Gasteiger partial charge in [0.25, 0.3) is 10.0 Å². The fourth-order valence-electron chi connectivity index (χ4n) is 3.97. The highest BCUT2D eigenvalue weighted by molar-refractivity contribution is 7.92. The first kappa shape index (κ1) is 22.2. The van der Waals surface area contributed by atoms with E-state index >= 15 is 0 Å². The molecule has 0 aromatic heterocycles. The van der Waals surface area contributed by atoms with Gasteiger partial charge in [-0.3, -0.25) is 9.62 Å². The highest BCUT2D eigenvalue weighted by atomic mass is 32.2. The number of nitrogens with one attached hydrogen (secondary N) is 1. The van der Waals surface area contributed by atoms with E-state index in [2.05, 4.69) is 21.8 Å². The number of likely N-dealkylation sites (tertiary alicyclic amines) is 1. The number of rotatable bonds is 8. The summed E-state index contributed by atoms with van der Waals surface area (Å²) in [6.07, 6.45) is 2.91. The quantitative estimate of drug-likeness (QED) is 0.537. The first-order valence-electron chi connectivity index (χ1n) is 10.6. The van der Waals surface area contributed by atoms with Gasteiger partial charge in [-0.15, -0.1) is 0 Å². The van der Waals surface area contributed by atoms with E-state index in [0.717, 1.165) is 36.5 Å². The number of aromatic hydroxyl groups is 1. The van der Waals surface area contributed by atoms with Crippen LogP contribution in [0.25, 0.3) is 0 Å². The highest BCUT2D eigenvalue weighted by Gasteiger charge is 2.18. The number of benzene rings is 3. The summed E-state index contributed by atoms with van der Waals surface area (Å²) in [5.74, 6) is 0.762. The van der Waals surface area contributed by atoms with Gasteiger partial charge in [0.05, 0.1) is 17.7 Å². The van der Waals surface area contributed by atoms with Gasteiger partial charge in [0.15, 0.2) is 0 Å². The Balaban J connectivity index is 1.58. The van der Waals surface area contributed by atoms with E-state index in [1.807, 2.05) is 12.1 Å². The minimum atomic E-state index is -3.79. The Morgan fingerprint density at radius 2 is 1.84 bits per heavy atom. The van der Waals surface area contributed by atoms with Gasteiger partial charge in [0.2, 0.25) is 0 Å². The Morgan fingerprint density at radius 1 is 1.09 bits per heavy atom. The lowest BCUT2D eigenvalue weighted by molar-refractivity contribution is 0.321. The maximum atomic E-state index is 12.8. The molecule has 4 rings (SSSR count). The van der Waals surface area contributed by atoms with Crippen LogP contribution in [-0.2, 0) is 23.0 Å². The molecule has 3 aromatic rings. The SMILES string of the molecule is COc1cc(Cc2[c]cc(O)cc2NS(=O)(=O)c2ccccc2)ccc1CN1CCCC1. The minimum Gasteiger partial charge on any atom is -0.508 e. The van der Waals surface area contributed by atoms with Gasteiger partial charge in [-0.2, -0.15) is 0 Å². The zero-order valence-corrected chi connectivity index (χ0v) is 18.9. The van der Waals surface area contributed by atoms with Crippen molar-refractivity contribution in [2.75, 3.05) is 24.9 Å². The maximum Gasteiger partial charge on any atom is 0.261 e. The average Bonchev–Trinajstić information content (AvgIpc) is 3.30. The molecule has 1 saturated heterocycles. The minimum absolute atomic E-state index is 0.0574. The standard InChI is InChI=1S/C25H27N2O4S/c1-31-25-16-19(9-10-21(25)18-27-13-5-6-14-27)15-20-11-12-22(28)17-24(20)26-32(29,30)23-7-3-2-4-8-23/h2-4,7-10,12,16-17,26,28H,5-6,13-15,18H2,1H3. The van der Waals surface area contributed by atoms with Gasteiger partial charge in [-0.25, -0.2) is 8.42 Å². The first-order valence-corrected chi connectivity index (χ1v) is 12.1. The zero-order valence-electron chi connectivity index (χ0n) is 18.0. The van der Waals surface area contributed by atoms with Crippen LogP contribution in [0.5, 0.6) is 11.5 Å². The molecule has 6 nitrogen and oxygen atoms in total. The summed E-state index contributed by atoms with van der Waals surface area (Å²) in [5.41, 5.74) is 3.04. The molecule has 32 heavy (non-hydrogen) atoms. The van der Waals surface area contributed by atoms with Gasteiger partial charge >= 0.3 is 0 Å². The van der Waals surface area contributed by atoms with Gasteiger partial charge in [0, 0.05) is 24.6 Å². The third-order valence-corrected chi connectivity index (χ3v) is 7.02. The summed E-state index contributed by atoms with van der Waals surface area (Å²) in [6.45, 7) is 3.08. The molecule has 1 radical (unpaired) electrons. The largest absolute Gasteiger partial charge is 0.508 e. The van der Waals surface area contributed by atoms with Gasteiger partial charge in [-0.1, -0.05) is 30.3 Å². The van der Waals surface area contributed by atoms with Crippen molar-refractivity contribution in [3.8, 4) is 11.5 Å². The molecule has 3 aromatic carbocycles. The van der Waals surface area contributed by atoms with Crippen LogP contribution in [0, 0.1) is 6.07 Å². The topological polar surface area (TPSA) is 78.9 Å². The van der Waals surface area contributed by atoms with E-state index in [0.29, 0.717) is 17.7 Å². The van der Waals surface area contributed by atoms with E-state index in [-0.39, 0.29) is 10.6 Å². The van der Waals surface area contributed by atoms with Crippen molar-refractivity contribution < 1.29 is 18.3 Å². The van der Waals surface area contributed by atoms with E-state index in [1.54, 1.807) is 25.3 Å². The van der Waals surface area contributed by atoms with Crippen LogP contribution in [0.3, 0.4) is 0 Å². The second-order valence-electron chi connectivity index (χ2n) is 7.97. The number of phenolic OH excluding ortho intramolecular Hbond substituents is 1. The predicted octanol–water partition coefficient (Wildman–Crippen LogP) is 4.19. The average molecular weight is 452 g/mol. The van der Waals surface area contributed by atoms with Crippen molar-refractivity contribution in [1.29, 1.82) is 0 Å². The molecule has 167 valence electrons. The van der Waals surface area contributed by atoms with Gasteiger partial charge in [-0.05, 0) is 67.4 Å². The van der Waals surface area contributed by atoms with Crippen molar-refractivity contribution in [2.45, 2.75) is 30.7 Å². The molecule has 0 amide bonds. The molecular formula is C25H27N2O4S. The smallest absolute Gasteiger partial charge is 0.261 e. The lowest BCUT2D eigenvalue weighted by Gasteiger charge is -2.18. The predicted molar refractivity (Wildman–Crippen MR) is 125 cm³/mol. The van der Waals surface area contributed by atoms with E-state index in [9.17, 15) is 13.5 Å². The van der Waals surface area contributed by atoms with Crippen LogP contribution in [-0.4, -0.2) is 38.6 Å². The Labute approximate surface area is 189 Å². The molecule has 0 saturated carbocycles. The number of hydrogen-bond donors (Lipinski definition) is 2. The fourth-order valence-corrected chi connectivity index (χ4v) is 5.08. The summed E-state index contributed by atoms with van der Waals surface area (Å²) < 4.78 is 33.8. The van der Waals surface area contributed by atoms with Crippen LogP contribution >= 0.6 is 0 Å². The monoisotopic (exact) mass is 451 g/mol. The third kappa shape index (κ3) is 5.23. The number of methoxy groups -OCH3 is 1. The number of phenols is 1. The Bertz CT molecular complexity index is 1170. The summed E-state index contributed by atoms with van der Waals surface area (Å²) >= 11 is 0. The highest BCUT2D eigenvalue weighted by Crippen LogP contribution is 2.29. The van der Waals surface area contributed by atoms with Crippen molar-refractivity contribution in [3.05, 3.63) is 83.4 Å². The molecule has 1 heterocycles. The molecule has 2 N–H and O–H groups in total. The van der Waals surface area contributed by atoms with Gasteiger partial charge in [0.1, 0.15) is 11.5 Å². The number of ether oxygens (including phenoxy) is 1. The lowest BCUT2D eigenvalue weighted by atomic mass is 10.0. The normalized spacial score (nSPS) is 14.4. The zero-order chi connectivity index (χ0) is 22.6. The van der Waals surface area contributed by atoms with Crippen LogP contribution < -0.4 is 9.46 Å². The summed E-state index contributed by atoms with van der Waals surface area (Å²) in [5, 5.41) is 9.93. The second-order valence-corrected chi connectivity index (χ2v) is 9.66. The van der Waals surface area contributed by atoms with Crippen molar-refractivity contribution >= 4 is 15.7 Å². The molecule has 0 aliphatic carbocycles. The molecule has 1 aliphatic rings. The molecule has 1 fully saturated rings. The van der Waals surface area contributed by atoms with E-state index < -0.39 is 10.0 Å².